The summed E-state index contributed by atoms with van der Waals surface area (Å²) in [6.45, 7) is 4.39. The third-order valence-electron chi connectivity index (χ3n) is 5.52. The fourth-order valence-electron chi connectivity index (χ4n) is 3.88. The van der Waals surface area contributed by atoms with Gasteiger partial charge in [-0.25, -0.2) is 0 Å². The van der Waals surface area contributed by atoms with Crippen LogP contribution in [0.3, 0.4) is 0 Å². The number of benzene rings is 2. The molecule has 2 heterocycles. The lowest BCUT2D eigenvalue weighted by Crippen LogP contribution is -2.41. The highest BCUT2D eigenvalue weighted by atomic mass is 16.5. The minimum atomic E-state index is -0.468. The zero-order valence-corrected chi connectivity index (χ0v) is 17.0. The molecule has 2 saturated heterocycles. The Morgan fingerprint density at radius 1 is 1.07 bits per heavy atom. The smallest absolute Gasteiger partial charge is 0.256 e. The molecule has 2 aromatic rings. The van der Waals surface area contributed by atoms with Crippen LogP contribution in [0.25, 0.3) is 0 Å². The number of para-hydroxylation sites is 1. The molecule has 2 fully saturated rings. The van der Waals surface area contributed by atoms with Crippen LogP contribution in [-0.2, 0) is 14.3 Å². The topological polar surface area (TPSA) is 79.0 Å². The van der Waals surface area contributed by atoms with E-state index in [2.05, 4.69) is 5.32 Å². The number of carbonyl (C=O) groups excluding carboxylic acids is 3. The zero-order chi connectivity index (χ0) is 21.1. The Balaban J connectivity index is 1.47. The fourth-order valence-corrected chi connectivity index (χ4v) is 3.88. The molecule has 2 aliphatic rings. The van der Waals surface area contributed by atoms with Gasteiger partial charge in [0.15, 0.2) is 0 Å². The van der Waals surface area contributed by atoms with Gasteiger partial charge in [-0.2, -0.15) is 0 Å². The van der Waals surface area contributed by atoms with Gasteiger partial charge in [-0.05, 0) is 36.8 Å². The molecular weight excluding hydrogens is 382 g/mol. The lowest BCUT2D eigenvalue weighted by atomic mass is 10.1. The Morgan fingerprint density at radius 2 is 1.83 bits per heavy atom. The van der Waals surface area contributed by atoms with Crippen molar-refractivity contribution in [2.24, 2.45) is 5.92 Å². The summed E-state index contributed by atoms with van der Waals surface area (Å²) in [6, 6.07) is 14.7. The SMILES string of the molecule is Cc1cccc(N2C[C@@H](C(=O)Nc3ccccc3C(=O)N3CCOCC3)CC2=O)c1. The van der Waals surface area contributed by atoms with Crippen LogP contribution >= 0.6 is 0 Å². The fraction of sp³-hybridized carbons (Fsp3) is 0.348. The Bertz CT molecular complexity index is 968. The highest BCUT2D eigenvalue weighted by Gasteiger charge is 2.35. The number of hydrogen-bond acceptors (Lipinski definition) is 4. The molecule has 0 bridgehead atoms. The maximum absolute atomic E-state index is 12.9. The van der Waals surface area contributed by atoms with E-state index >= 15 is 0 Å². The summed E-state index contributed by atoms with van der Waals surface area (Å²) in [5.41, 5.74) is 2.79. The Morgan fingerprint density at radius 3 is 2.60 bits per heavy atom. The van der Waals surface area contributed by atoms with E-state index in [-0.39, 0.29) is 24.1 Å². The third-order valence-corrected chi connectivity index (χ3v) is 5.52. The van der Waals surface area contributed by atoms with Crippen molar-refractivity contribution in [1.29, 1.82) is 0 Å². The van der Waals surface area contributed by atoms with Gasteiger partial charge in [-0.3, -0.25) is 14.4 Å². The summed E-state index contributed by atoms with van der Waals surface area (Å²) in [5, 5.41) is 2.88. The average Bonchev–Trinajstić information content (AvgIpc) is 3.16. The first kappa shape index (κ1) is 20.1. The molecule has 0 radical (unpaired) electrons. The Labute approximate surface area is 175 Å². The molecule has 3 amide bonds. The van der Waals surface area contributed by atoms with E-state index in [1.807, 2.05) is 31.2 Å². The van der Waals surface area contributed by atoms with Crippen molar-refractivity contribution in [3.05, 3.63) is 59.7 Å². The van der Waals surface area contributed by atoms with Crippen LogP contribution in [0.2, 0.25) is 0 Å². The second-order valence-electron chi connectivity index (χ2n) is 7.68. The molecule has 0 saturated carbocycles. The maximum atomic E-state index is 12.9. The minimum absolute atomic E-state index is 0.0709. The average molecular weight is 407 g/mol. The molecule has 1 N–H and O–H groups in total. The Kier molecular flexibility index (Phi) is 5.81. The van der Waals surface area contributed by atoms with Gasteiger partial charge in [0.2, 0.25) is 11.8 Å². The van der Waals surface area contributed by atoms with Crippen LogP contribution in [0, 0.1) is 12.8 Å². The van der Waals surface area contributed by atoms with Gasteiger partial charge in [0, 0.05) is 31.7 Å². The van der Waals surface area contributed by atoms with E-state index in [0.29, 0.717) is 44.1 Å². The molecule has 0 aliphatic carbocycles. The minimum Gasteiger partial charge on any atom is -0.378 e. The maximum Gasteiger partial charge on any atom is 0.256 e. The summed E-state index contributed by atoms with van der Waals surface area (Å²) in [4.78, 5) is 41.7. The number of amides is 3. The van der Waals surface area contributed by atoms with Gasteiger partial charge in [0.1, 0.15) is 0 Å². The molecule has 0 unspecified atom stereocenters. The molecule has 156 valence electrons. The van der Waals surface area contributed by atoms with E-state index in [4.69, 9.17) is 4.74 Å². The number of nitrogens with zero attached hydrogens (tertiary/aromatic N) is 2. The number of hydrogen-bond donors (Lipinski definition) is 1. The molecule has 7 nitrogen and oxygen atoms in total. The van der Waals surface area contributed by atoms with Crippen LogP contribution < -0.4 is 10.2 Å². The van der Waals surface area contributed by atoms with E-state index in [9.17, 15) is 14.4 Å². The van der Waals surface area contributed by atoms with Crippen LogP contribution in [0.5, 0.6) is 0 Å². The molecule has 2 aliphatic heterocycles. The molecule has 2 aromatic carbocycles. The monoisotopic (exact) mass is 407 g/mol. The predicted molar refractivity (Wildman–Crippen MR) is 113 cm³/mol. The number of nitrogens with one attached hydrogen (secondary N) is 1. The quantitative estimate of drug-likeness (QED) is 0.845. The van der Waals surface area contributed by atoms with Crippen molar-refractivity contribution < 1.29 is 19.1 Å². The lowest BCUT2D eigenvalue weighted by molar-refractivity contribution is -0.122. The highest BCUT2D eigenvalue weighted by Crippen LogP contribution is 2.27. The van der Waals surface area contributed by atoms with Gasteiger partial charge >= 0.3 is 0 Å². The molecule has 0 spiro atoms. The van der Waals surface area contributed by atoms with Gasteiger partial charge in [-0.1, -0.05) is 24.3 Å². The van der Waals surface area contributed by atoms with E-state index in [1.165, 1.54) is 0 Å². The molecule has 4 rings (SSSR count). The second kappa shape index (κ2) is 8.67. The standard InChI is InChI=1S/C23H25N3O4/c1-16-5-4-6-18(13-16)26-15-17(14-21(26)27)22(28)24-20-8-3-2-7-19(20)23(29)25-9-11-30-12-10-25/h2-8,13,17H,9-12,14-15H2,1H3,(H,24,28)/t17-/m0/s1. The summed E-state index contributed by atoms with van der Waals surface area (Å²) >= 11 is 0. The first-order chi connectivity index (χ1) is 14.5. The van der Waals surface area contributed by atoms with E-state index in [0.717, 1.165) is 11.3 Å². The summed E-state index contributed by atoms with van der Waals surface area (Å²) in [6.07, 6.45) is 0.152. The van der Waals surface area contributed by atoms with E-state index in [1.54, 1.807) is 34.1 Å². The number of carbonyl (C=O) groups is 3. The molecule has 7 heteroatoms. The predicted octanol–water partition coefficient (Wildman–Crippen LogP) is 2.46. The van der Waals surface area contributed by atoms with Crippen molar-refractivity contribution in [2.75, 3.05) is 43.1 Å². The van der Waals surface area contributed by atoms with Crippen molar-refractivity contribution in [2.45, 2.75) is 13.3 Å². The van der Waals surface area contributed by atoms with Crippen LogP contribution in [0.1, 0.15) is 22.3 Å². The molecule has 1 atom stereocenters. The molecule has 0 aromatic heterocycles. The summed E-state index contributed by atoms with van der Waals surface area (Å²) in [7, 11) is 0. The lowest BCUT2D eigenvalue weighted by Gasteiger charge is -2.27. The third kappa shape index (κ3) is 4.21. The van der Waals surface area contributed by atoms with Crippen LogP contribution in [0.15, 0.2) is 48.5 Å². The highest BCUT2D eigenvalue weighted by molar-refractivity contribution is 6.07. The van der Waals surface area contributed by atoms with E-state index < -0.39 is 5.92 Å². The van der Waals surface area contributed by atoms with Crippen molar-refractivity contribution in [1.82, 2.24) is 4.90 Å². The summed E-state index contributed by atoms with van der Waals surface area (Å²) < 4.78 is 5.31. The number of morpholine rings is 1. The number of anilines is 2. The summed E-state index contributed by atoms with van der Waals surface area (Å²) in [5.74, 6) is -0.915. The number of aryl methyl sites for hydroxylation is 1. The van der Waals surface area contributed by atoms with Crippen LogP contribution in [0.4, 0.5) is 11.4 Å². The zero-order valence-electron chi connectivity index (χ0n) is 17.0. The van der Waals surface area contributed by atoms with Gasteiger partial charge in [0.05, 0.1) is 30.4 Å². The van der Waals surface area contributed by atoms with Crippen molar-refractivity contribution >= 4 is 29.1 Å². The Hall–Kier alpha value is -3.19. The van der Waals surface area contributed by atoms with Gasteiger partial charge < -0.3 is 19.9 Å². The first-order valence-electron chi connectivity index (χ1n) is 10.2. The second-order valence-corrected chi connectivity index (χ2v) is 7.68. The number of ether oxygens (including phenoxy) is 1. The van der Waals surface area contributed by atoms with Crippen molar-refractivity contribution in [3.63, 3.8) is 0 Å². The van der Waals surface area contributed by atoms with Gasteiger partial charge in [0.25, 0.3) is 5.91 Å². The normalized spacial score (nSPS) is 19.1. The largest absolute Gasteiger partial charge is 0.378 e. The first-order valence-corrected chi connectivity index (χ1v) is 10.2. The van der Waals surface area contributed by atoms with Crippen LogP contribution in [-0.4, -0.2) is 55.5 Å². The number of rotatable bonds is 4. The van der Waals surface area contributed by atoms with Crippen molar-refractivity contribution in [3.8, 4) is 0 Å². The molecular formula is C23H25N3O4. The molecule has 30 heavy (non-hydrogen) atoms. The van der Waals surface area contributed by atoms with Gasteiger partial charge in [-0.15, -0.1) is 0 Å².